The monoisotopic (exact) mass is 1010 g/mol. The maximum atomic E-state index is 12.9. The van der Waals surface area contributed by atoms with Crippen LogP contribution in [0.2, 0.25) is 0 Å². The van der Waals surface area contributed by atoms with E-state index in [1.165, 1.54) is 103 Å². The maximum Gasteiger partial charge on any atom is 0.306 e. The zero-order valence-corrected chi connectivity index (χ0v) is 47.4. The van der Waals surface area contributed by atoms with E-state index in [1.807, 2.05) is 0 Å². The average Bonchev–Trinajstić information content (AvgIpc) is 3.39. The van der Waals surface area contributed by atoms with Gasteiger partial charge in [-0.15, -0.1) is 0 Å². The molecule has 0 radical (unpaired) electrons. The van der Waals surface area contributed by atoms with Crippen molar-refractivity contribution in [3.8, 4) is 0 Å². The number of allylic oxidation sites excluding steroid dienone is 20. The zero-order valence-electron chi connectivity index (χ0n) is 47.4. The van der Waals surface area contributed by atoms with Crippen LogP contribution in [0.3, 0.4) is 0 Å². The van der Waals surface area contributed by atoms with Crippen LogP contribution in [-0.4, -0.2) is 37.2 Å². The Morgan fingerprint density at radius 2 is 0.534 bits per heavy atom. The largest absolute Gasteiger partial charge is 0.462 e. The first-order valence-electron chi connectivity index (χ1n) is 30.0. The SMILES string of the molecule is CC/C=C\C/C=C\C/C=C\C/C=C\C/C=C\C/C=C\C/C=C\C/C=C\CCCCC(=O)OCC(COC(=O)CCCCCCCCCCCC)OC(=O)CCCCCCCCC/C=C\C/C=C\CCCCCC. The Morgan fingerprint density at radius 1 is 0.288 bits per heavy atom. The van der Waals surface area contributed by atoms with Gasteiger partial charge in [0.1, 0.15) is 13.2 Å². The fraction of sp³-hybridized carbons (Fsp3) is 0.657. The fourth-order valence-electron chi connectivity index (χ4n) is 7.96. The minimum absolute atomic E-state index is 0.0960. The molecule has 0 aliphatic carbocycles. The molecule has 0 saturated carbocycles. The summed E-state index contributed by atoms with van der Waals surface area (Å²) >= 11 is 0. The van der Waals surface area contributed by atoms with E-state index in [4.69, 9.17) is 14.2 Å². The zero-order chi connectivity index (χ0) is 52.9. The Kier molecular flexibility index (Phi) is 56.9. The highest BCUT2D eigenvalue weighted by Crippen LogP contribution is 2.14. The van der Waals surface area contributed by atoms with Crippen LogP contribution >= 0.6 is 0 Å². The van der Waals surface area contributed by atoms with E-state index in [1.54, 1.807) is 0 Å². The molecule has 0 aliphatic heterocycles. The number of hydrogen-bond acceptors (Lipinski definition) is 6. The van der Waals surface area contributed by atoms with Crippen LogP contribution in [0, 0.1) is 0 Å². The molecule has 0 amide bonds. The molecule has 0 bridgehead atoms. The second kappa shape index (κ2) is 60.4. The first-order valence-corrected chi connectivity index (χ1v) is 30.0. The Labute approximate surface area is 450 Å². The number of rotatable bonds is 53. The molecule has 0 spiro atoms. The van der Waals surface area contributed by atoms with E-state index in [2.05, 4.69) is 142 Å². The highest BCUT2D eigenvalue weighted by molar-refractivity contribution is 5.71. The molecule has 0 rings (SSSR count). The lowest BCUT2D eigenvalue weighted by Crippen LogP contribution is -2.30. The lowest BCUT2D eigenvalue weighted by Gasteiger charge is -2.18. The summed E-state index contributed by atoms with van der Waals surface area (Å²) in [6.07, 6.45) is 83.4. The molecule has 0 saturated heterocycles. The maximum absolute atomic E-state index is 12.9. The van der Waals surface area contributed by atoms with Crippen LogP contribution in [-0.2, 0) is 28.6 Å². The van der Waals surface area contributed by atoms with Crippen LogP contribution in [0.15, 0.2) is 122 Å². The molecule has 414 valence electrons. The third-order valence-electron chi connectivity index (χ3n) is 12.5. The van der Waals surface area contributed by atoms with Crippen molar-refractivity contribution in [1.29, 1.82) is 0 Å². The van der Waals surface area contributed by atoms with Gasteiger partial charge in [0.2, 0.25) is 0 Å². The molecule has 0 N–H and O–H groups in total. The van der Waals surface area contributed by atoms with Gasteiger partial charge in [-0.3, -0.25) is 14.4 Å². The summed E-state index contributed by atoms with van der Waals surface area (Å²) in [5.74, 6) is -0.951. The molecule has 0 aromatic carbocycles. The first kappa shape index (κ1) is 68.8. The summed E-state index contributed by atoms with van der Waals surface area (Å²) in [6.45, 7) is 6.45. The minimum atomic E-state index is -0.802. The van der Waals surface area contributed by atoms with E-state index in [0.717, 1.165) is 116 Å². The van der Waals surface area contributed by atoms with Crippen LogP contribution in [0.1, 0.15) is 265 Å². The van der Waals surface area contributed by atoms with Gasteiger partial charge in [-0.05, 0) is 116 Å². The van der Waals surface area contributed by atoms with Crippen molar-refractivity contribution in [2.24, 2.45) is 0 Å². The van der Waals surface area contributed by atoms with E-state index in [9.17, 15) is 14.4 Å². The second-order valence-corrected chi connectivity index (χ2v) is 19.5. The van der Waals surface area contributed by atoms with Crippen molar-refractivity contribution in [2.75, 3.05) is 13.2 Å². The van der Waals surface area contributed by atoms with Crippen LogP contribution in [0.4, 0.5) is 0 Å². The molecular weight excluding hydrogens is 901 g/mol. The predicted octanol–water partition coefficient (Wildman–Crippen LogP) is 20.4. The van der Waals surface area contributed by atoms with Gasteiger partial charge in [0, 0.05) is 19.3 Å². The van der Waals surface area contributed by atoms with Crippen LogP contribution < -0.4 is 0 Å². The van der Waals surface area contributed by atoms with E-state index < -0.39 is 6.10 Å². The molecule has 0 fully saturated rings. The van der Waals surface area contributed by atoms with Crippen molar-refractivity contribution < 1.29 is 28.6 Å². The summed E-state index contributed by atoms with van der Waals surface area (Å²) in [6, 6.07) is 0. The molecular formula is C67H110O6. The Bertz CT molecular complexity index is 1540. The van der Waals surface area contributed by atoms with Gasteiger partial charge >= 0.3 is 17.9 Å². The summed E-state index contributed by atoms with van der Waals surface area (Å²) in [7, 11) is 0. The standard InChI is InChI=1S/C67H110O6/c1-4-7-10-13-16-19-22-24-26-28-30-31-32-33-34-35-36-37-38-40-41-43-45-48-51-54-57-60-66(69)72-63-64(62-71-65(68)59-56-53-50-47-21-18-15-12-9-6-3)73-67(70)61-58-55-52-49-46-44-42-39-29-27-25-23-20-17-14-11-8-5-2/h7,10,16,19-20,23-24,26-27,29-31,33-34,36-37,40-41,45,48,64H,4-6,8-9,11-15,17-18,21-22,25,28,32,35,38-39,42-44,46-47,49-63H2,1-3H3/b10-7-,19-16-,23-20-,26-24-,29-27-,31-30-,34-33-,37-36-,41-40-,48-45-. The van der Waals surface area contributed by atoms with E-state index >= 15 is 0 Å². The minimum Gasteiger partial charge on any atom is -0.462 e. The summed E-state index contributed by atoms with van der Waals surface area (Å²) in [4.78, 5) is 38.1. The Balaban J connectivity index is 4.40. The van der Waals surface area contributed by atoms with Crippen molar-refractivity contribution in [1.82, 2.24) is 0 Å². The van der Waals surface area contributed by atoms with Crippen LogP contribution in [0.25, 0.3) is 0 Å². The lowest BCUT2D eigenvalue weighted by atomic mass is 10.1. The second-order valence-electron chi connectivity index (χ2n) is 19.5. The third kappa shape index (κ3) is 58.6. The normalized spacial score (nSPS) is 13.0. The topological polar surface area (TPSA) is 78.9 Å². The number of carbonyl (C=O) groups is 3. The van der Waals surface area contributed by atoms with Crippen molar-refractivity contribution in [2.45, 2.75) is 271 Å². The first-order chi connectivity index (χ1) is 36.0. The number of carbonyl (C=O) groups excluding carboxylic acids is 3. The summed E-state index contributed by atoms with van der Waals surface area (Å²) in [5, 5.41) is 0. The lowest BCUT2D eigenvalue weighted by molar-refractivity contribution is -0.167. The Hall–Kier alpha value is -4.19. The van der Waals surface area contributed by atoms with E-state index in [-0.39, 0.29) is 31.1 Å². The van der Waals surface area contributed by atoms with Crippen molar-refractivity contribution in [3.05, 3.63) is 122 Å². The number of hydrogen-bond donors (Lipinski definition) is 0. The molecule has 1 unspecified atom stereocenters. The third-order valence-corrected chi connectivity index (χ3v) is 12.5. The highest BCUT2D eigenvalue weighted by atomic mass is 16.6. The number of unbranched alkanes of at least 4 members (excludes halogenated alkanes) is 22. The molecule has 0 aromatic heterocycles. The molecule has 6 heteroatoms. The van der Waals surface area contributed by atoms with Gasteiger partial charge in [0.05, 0.1) is 0 Å². The van der Waals surface area contributed by atoms with Crippen molar-refractivity contribution in [3.63, 3.8) is 0 Å². The van der Waals surface area contributed by atoms with Gasteiger partial charge in [0.15, 0.2) is 6.10 Å². The summed E-state index contributed by atoms with van der Waals surface area (Å²) in [5.41, 5.74) is 0. The van der Waals surface area contributed by atoms with E-state index in [0.29, 0.717) is 25.7 Å². The molecule has 6 nitrogen and oxygen atoms in total. The smallest absolute Gasteiger partial charge is 0.306 e. The molecule has 0 aromatic rings. The van der Waals surface area contributed by atoms with Gasteiger partial charge in [-0.1, -0.05) is 251 Å². The fourth-order valence-corrected chi connectivity index (χ4v) is 7.96. The van der Waals surface area contributed by atoms with Gasteiger partial charge in [-0.25, -0.2) is 0 Å². The number of esters is 3. The highest BCUT2D eigenvalue weighted by Gasteiger charge is 2.19. The summed E-state index contributed by atoms with van der Waals surface area (Å²) < 4.78 is 16.8. The predicted molar refractivity (Wildman–Crippen MR) is 316 cm³/mol. The average molecular weight is 1010 g/mol. The van der Waals surface area contributed by atoms with Crippen molar-refractivity contribution >= 4 is 17.9 Å². The number of ether oxygens (including phenoxy) is 3. The van der Waals surface area contributed by atoms with Crippen LogP contribution in [0.5, 0.6) is 0 Å². The van der Waals surface area contributed by atoms with Gasteiger partial charge in [0.25, 0.3) is 0 Å². The molecule has 73 heavy (non-hydrogen) atoms. The van der Waals surface area contributed by atoms with Gasteiger partial charge < -0.3 is 14.2 Å². The molecule has 0 aliphatic rings. The quantitative estimate of drug-likeness (QED) is 0.0261. The Morgan fingerprint density at radius 3 is 0.877 bits per heavy atom. The van der Waals surface area contributed by atoms with Gasteiger partial charge in [-0.2, -0.15) is 0 Å². The molecule has 1 atom stereocenters. The molecule has 0 heterocycles.